The van der Waals surface area contributed by atoms with E-state index >= 15 is 0 Å². The molecule has 0 unspecified atom stereocenters. The molecule has 0 aliphatic heterocycles. The van der Waals surface area contributed by atoms with Gasteiger partial charge in [-0.25, -0.2) is 0 Å². The van der Waals surface area contributed by atoms with Gasteiger partial charge in [0.2, 0.25) is 0 Å². The Kier molecular flexibility index (Phi) is 2.08. The van der Waals surface area contributed by atoms with Crippen LogP contribution in [0.25, 0.3) is 10.2 Å². The largest absolute Gasteiger partial charge is 0.252 e. The van der Waals surface area contributed by atoms with Gasteiger partial charge in [-0.05, 0) is 35.9 Å². The molecule has 0 saturated heterocycles. The summed E-state index contributed by atoms with van der Waals surface area (Å²) in [7, 11) is 0. The Balaban J connectivity index is 2.71. The fourth-order valence-electron chi connectivity index (χ4n) is 1.44. The first-order valence-electron chi connectivity index (χ1n) is 4.53. The van der Waals surface area contributed by atoms with E-state index in [1.807, 2.05) is 6.92 Å². The van der Waals surface area contributed by atoms with Crippen LogP contribution in [0.5, 0.6) is 0 Å². The molecule has 0 aromatic carbocycles. The molecule has 0 N–H and O–H groups in total. The Labute approximate surface area is 82.4 Å². The molecule has 0 aliphatic rings. The summed E-state index contributed by atoms with van der Waals surface area (Å²) in [5, 5.41) is 2.22. The summed E-state index contributed by atoms with van der Waals surface area (Å²) in [4.78, 5) is 4.57. The van der Waals surface area contributed by atoms with E-state index in [9.17, 15) is 0 Å². The Morgan fingerprint density at radius 1 is 1.31 bits per heavy atom. The number of rotatable bonds is 1. The van der Waals surface area contributed by atoms with Crippen LogP contribution in [0.4, 0.5) is 0 Å². The highest BCUT2D eigenvalue weighted by Crippen LogP contribution is 2.29. The van der Waals surface area contributed by atoms with Crippen LogP contribution in [-0.4, -0.2) is 4.98 Å². The molecule has 0 bridgehead atoms. The molecule has 0 fully saturated rings. The summed E-state index contributed by atoms with van der Waals surface area (Å²) in [6.45, 7) is 6.47. The number of fused-ring (bicyclic) bond motifs is 1. The highest BCUT2D eigenvalue weighted by Gasteiger charge is 2.08. The van der Waals surface area contributed by atoms with Gasteiger partial charge in [0, 0.05) is 5.69 Å². The predicted molar refractivity (Wildman–Crippen MR) is 58.4 cm³/mol. The van der Waals surface area contributed by atoms with Gasteiger partial charge in [-0.3, -0.25) is 4.98 Å². The first-order chi connectivity index (χ1) is 6.18. The van der Waals surface area contributed by atoms with Crippen molar-refractivity contribution in [2.45, 2.75) is 26.7 Å². The van der Waals surface area contributed by atoms with Crippen molar-refractivity contribution >= 4 is 21.6 Å². The predicted octanol–water partition coefficient (Wildman–Crippen LogP) is 3.73. The molecule has 1 nitrogen and oxygen atoms in total. The summed E-state index contributed by atoms with van der Waals surface area (Å²) < 4.78 is 1.30. The highest BCUT2D eigenvalue weighted by molar-refractivity contribution is 7.17. The van der Waals surface area contributed by atoms with E-state index in [0.29, 0.717) is 5.92 Å². The van der Waals surface area contributed by atoms with E-state index in [-0.39, 0.29) is 0 Å². The molecule has 2 heteroatoms. The van der Waals surface area contributed by atoms with Crippen molar-refractivity contribution in [3.05, 3.63) is 28.8 Å². The summed E-state index contributed by atoms with van der Waals surface area (Å²) in [5.41, 5.74) is 3.68. The number of thiophene rings is 1. The van der Waals surface area contributed by atoms with Crippen LogP contribution >= 0.6 is 11.3 Å². The Hall–Kier alpha value is -0.890. The van der Waals surface area contributed by atoms with Crippen LogP contribution in [-0.2, 0) is 0 Å². The van der Waals surface area contributed by atoms with E-state index in [2.05, 4.69) is 36.3 Å². The van der Waals surface area contributed by atoms with Gasteiger partial charge in [0.15, 0.2) is 0 Å². The third-order valence-corrected chi connectivity index (χ3v) is 3.16. The van der Waals surface area contributed by atoms with Crippen molar-refractivity contribution in [3.8, 4) is 0 Å². The monoisotopic (exact) mass is 191 g/mol. The van der Waals surface area contributed by atoms with Gasteiger partial charge in [-0.1, -0.05) is 13.8 Å². The molecule has 13 heavy (non-hydrogen) atoms. The fraction of sp³-hybridized carbons (Fsp3) is 0.364. The smallest absolute Gasteiger partial charge is 0.0847 e. The van der Waals surface area contributed by atoms with E-state index in [0.717, 1.165) is 5.69 Å². The minimum absolute atomic E-state index is 0.572. The Morgan fingerprint density at radius 3 is 2.77 bits per heavy atom. The topological polar surface area (TPSA) is 12.9 Å². The summed E-state index contributed by atoms with van der Waals surface area (Å²) in [6.07, 6.45) is 0. The van der Waals surface area contributed by atoms with Gasteiger partial charge in [-0.15, -0.1) is 11.3 Å². The van der Waals surface area contributed by atoms with E-state index in [1.54, 1.807) is 11.3 Å². The molecule has 0 spiro atoms. The van der Waals surface area contributed by atoms with Crippen molar-refractivity contribution in [2.24, 2.45) is 0 Å². The van der Waals surface area contributed by atoms with Crippen molar-refractivity contribution in [3.63, 3.8) is 0 Å². The van der Waals surface area contributed by atoms with Crippen LogP contribution in [0.2, 0.25) is 0 Å². The molecule has 0 atom stereocenters. The highest BCUT2D eigenvalue weighted by atomic mass is 32.1. The number of hydrogen-bond acceptors (Lipinski definition) is 2. The van der Waals surface area contributed by atoms with Gasteiger partial charge < -0.3 is 0 Å². The number of nitrogens with zero attached hydrogens (tertiary/aromatic N) is 1. The molecular weight excluding hydrogens is 178 g/mol. The van der Waals surface area contributed by atoms with Crippen molar-refractivity contribution in [1.29, 1.82) is 0 Å². The maximum Gasteiger partial charge on any atom is 0.0847 e. The number of hydrogen-bond donors (Lipinski definition) is 0. The van der Waals surface area contributed by atoms with Gasteiger partial charge in [0.25, 0.3) is 0 Å². The normalized spacial score (nSPS) is 11.4. The first kappa shape index (κ1) is 8.70. The molecule has 68 valence electrons. The lowest BCUT2D eigenvalue weighted by molar-refractivity contribution is 0.876. The van der Waals surface area contributed by atoms with Crippen LogP contribution in [0.15, 0.2) is 17.5 Å². The minimum Gasteiger partial charge on any atom is -0.252 e. The Bertz CT molecular complexity index is 429. The molecule has 2 aromatic rings. The lowest BCUT2D eigenvalue weighted by atomic mass is 10.1. The van der Waals surface area contributed by atoms with Crippen LogP contribution in [0, 0.1) is 6.92 Å². The van der Waals surface area contributed by atoms with Crippen molar-refractivity contribution in [2.75, 3.05) is 0 Å². The zero-order chi connectivity index (χ0) is 9.42. The first-order valence-corrected chi connectivity index (χ1v) is 5.41. The second kappa shape index (κ2) is 3.11. The zero-order valence-corrected chi connectivity index (χ0v) is 8.98. The summed E-state index contributed by atoms with van der Waals surface area (Å²) >= 11 is 1.79. The average Bonchev–Trinajstić information content (AvgIpc) is 2.46. The van der Waals surface area contributed by atoms with E-state index < -0.39 is 0 Å². The van der Waals surface area contributed by atoms with Gasteiger partial charge in [0.05, 0.1) is 10.2 Å². The molecule has 0 amide bonds. The molecule has 2 aromatic heterocycles. The number of pyridine rings is 1. The summed E-state index contributed by atoms with van der Waals surface area (Å²) in [5.74, 6) is 0.572. The number of aromatic nitrogens is 1. The maximum absolute atomic E-state index is 4.57. The fourth-order valence-corrected chi connectivity index (χ4v) is 2.50. The van der Waals surface area contributed by atoms with Gasteiger partial charge in [0.1, 0.15) is 0 Å². The second-order valence-electron chi connectivity index (χ2n) is 3.65. The Morgan fingerprint density at radius 2 is 2.08 bits per heavy atom. The minimum atomic E-state index is 0.572. The standard InChI is InChI=1S/C11H13NS/c1-7(2)9-6-13-10-5-4-8(3)12-11(9)10/h4-7H,1-3H3. The van der Waals surface area contributed by atoms with Gasteiger partial charge in [-0.2, -0.15) is 0 Å². The average molecular weight is 191 g/mol. The van der Waals surface area contributed by atoms with E-state index in [4.69, 9.17) is 0 Å². The quantitative estimate of drug-likeness (QED) is 0.669. The molecular formula is C11H13NS. The lowest BCUT2D eigenvalue weighted by Gasteiger charge is -2.01. The van der Waals surface area contributed by atoms with Gasteiger partial charge >= 0.3 is 0 Å². The molecule has 0 aliphatic carbocycles. The molecule has 2 rings (SSSR count). The second-order valence-corrected chi connectivity index (χ2v) is 4.56. The van der Waals surface area contributed by atoms with Crippen LogP contribution in [0.1, 0.15) is 31.0 Å². The van der Waals surface area contributed by atoms with Crippen LogP contribution < -0.4 is 0 Å². The zero-order valence-electron chi connectivity index (χ0n) is 8.16. The third kappa shape index (κ3) is 1.46. The third-order valence-electron chi connectivity index (χ3n) is 2.21. The molecule has 0 saturated carbocycles. The van der Waals surface area contributed by atoms with Crippen LogP contribution in [0.3, 0.4) is 0 Å². The summed E-state index contributed by atoms with van der Waals surface area (Å²) in [6, 6.07) is 4.23. The van der Waals surface area contributed by atoms with E-state index in [1.165, 1.54) is 15.8 Å². The van der Waals surface area contributed by atoms with Crippen molar-refractivity contribution in [1.82, 2.24) is 4.98 Å². The molecule has 2 heterocycles. The lowest BCUT2D eigenvalue weighted by Crippen LogP contribution is -1.87. The van der Waals surface area contributed by atoms with Crippen molar-refractivity contribution < 1.29 is 0 Å². The number of aryl methyl sites for hydroxylation is 1. The molecule has 0 radical (unpaired) electrons. The maximum atomic E-state index is 4.57. The SMILES string of the molecule is Cc1ccc2scc(C(C)C)c2n1.